The van der Waals surface area contributed by atoms with Gasteiger partial charge in [-0.2, -0.15) is 0 Å². The summed E-state index contributed by atoms with van der Waals surface area (Å²) < 4.78 is 5.33. The molecule has 2 unspecified atom stereocenters. The van der Waals surface area contributed by atoms with Crippen LogP contribution >= 0.6 is 0 Å². The second kappa shape index (κ2) is 6.40. The molecule has 2 N–H and O–H groups in total. The summed E-state index contributed by atoms with van der Waals surface area (Å²) in [4.78, 5) is 2.58. The van der Waals surface area contributed by atoms with Crippen LogP contribution in [0.4, 0.5) is 0 Å². The van der Waals surface area contributed by atoms with Crippen LogP contribution < -0.4 is 10.5 Å². The quantitative estimate of drug-likeness (QED) is 0.887. The smallest absolute Gasteiger partial charge is 0.119 e. The highest BCUT2D eigenvalue weighted by molar-refractivity contribution is 5.31. The van der Waals surface area contributed by atoms with Crippen LogP contribution in [0.2, 0.25) is 0 Å². The Hall–Kier alpha value is -1.06. The van der Waals surface area contributed by atoms with Crippen molar-refractivity contribution in [3.8, 4) is 5.75 Å². The number of ether oxygens (including phenoxy) is 1. The first kappa shape index (κ1) is 14.4. The third kappa shape index (κ3) is 3.10. The topological polar surface area (TPSA) is 38.5 Å². The number of hydrogen-bond donors (Lipinski definition) is 1. The number of methoxy groups -OCH3 is 1. The van der Waals surface area contributed by atoms with Crippen LogP contribution in [0.25, 0.3) is 0 Å². The molecule has 1 fully saturated rings. The molecule has 1 saturated heterocycles. The molecule has 1 aliphatic rings. The van der Waals surface area contributed by atoms with E-state index >= 15 is 0 Å². The van der Waals surface area contributed by atoms with E-state index in [9.17, 15) is 0 Å². The third-order valence-corrected chi connectivity index (χ3v) is 4.21. The highest BCUT2D eigenvalue weighted by Gasteiger charge is 2.32. The molecular weight excluding hydrogens is 236 g/mol. The SMILES string of the molecule is COc1cccc(C(CN)N2CCCC2C(C)C)c1. The Balaban J connectivity index is 2.23. The van der Waals surface area contributed by atoms with Gasteiger partial charge in [-0.05, 0) is 43.0 Å². The van der Waals surface area contributed by atoms with Gasteiger partial charge >= 0.3 is 0 Å². The third-order valence-electron chi connectivity index (χ3n) is 4.21. The lowest BCUT2D eigenvalue weighted by Gasteiger charge is -2.35. The van der Waals surface area contributed by atoms with Gasteiger partial charge in [0.25, 0.3) is 0 Å². The summed E-state index contributed by atoms with van der Waals surface area (Å²) in [5, 5.41) is 0. The molecule has 3 nitrogen and oxygen atoms in total. The van der Waals surface area contributed by atoms with Gasteiger partial charge in [-0.15, -0.1) is 0 Å². The molecule has 0 saturated carbocycles. The van der Waals surface area contributed by atoms with Crippen LogP contribution in [-0.2, 0) is 0 Å². The molecule has 1 heterocycles. The Labute approximate surface area is 116 Å². The maximum atomic E-state index is 6.06. The first-order chi connectivity index (χ1) is 9.17. The molecule has 0 amide bonds. The number of likely N-dealkylation sites (tertiary alicyclic amines) is 1. The maximum absolute atomic E-state index is 6.06. The molecule has 1 aliphatic heterocycles. The van der Waals surface area contributed by atoms with Gasteiger partial charge in [0, 0.05) is 18.6 Å². The Morgan fingerprint density at radius 2 is 2.21 bits per heavy atom. The largest absolute Gasteiger partial charge is 0.497 e. The van der Waals surface area contributed by atoms with Crippen LogP contribution in [0.3, 0.4) is 0 Å². The standard InChI is InChI=1S/C16H26N2O/c1-12(2)15-8-5-9-18(15)16(11-17)13-6-4-7-14(10-13)19-3/h4,6-7,10,12,15-16H,5,8-9,11,17H2,1-3H3. The van der Waals surface area contributed by atoms with E-state index in [0.29, 0.717) is 24.5 Å². The van der Waals surface area contributed by atoms with Crippen LogP contribution in [0.1, 0.15) is 38.3 Å². The van der Waals surface area contributed by atoms with E-state index in [4.69, 9.17) is 10.5 Å². The zero-order chi connectivity index (χ0) is 13.8. The molecule has 0 bridgehead atoms. The summed E-state index contributed by atoms with van der Waals surface area (Å²) in [6.07, 6.45) is 2.57. The predicted molar refractivity (Wildman–Crippen MR) is 79.4 cm³/mol. The Bertz CT molecular complexity index is 405. The van der Waals surface area contributed by atoms with Gasteiger partial charge in [0.15, 0.2) is 0 Å². The Kier molecular flexibility index (Phi) is 4.83. The Morgan fingerprint density at radius 3 is 2.84 bits per heavy atom. The molecule has 2 rings (SSSR count). The summed E-state index contributed by atoms with van der Waals surface area (Å²) >= 11 is 0. The highest BCUT2D eigenvalue weighted by Crippen LogP contribution is 2.33. The lowest BCUT2D eigenvalue weighted by atomic mass is 9.98. The van der Waals surface area contributed by atoms with Crippen molar-refractivity contribution in [1.82, 2.24) is 4.90 Å². The molecule has 106 valence electrons. The molecule has 1 aromatic carbocycles. The van der Waals surface area contributed by atoms with Gasteiger partial charge in [0.1, 0.15) is 5.75 Å². The van der Waals surface area contributed by atoms with Crippen LogP contribution in [0, 0.1) is 5.92 Å². The average Bonchev–Trinajstić information content (AvgIpc) is 2.89. The van der Waals surface area contributed by atoms with E-state index in [2.05, 4.69) is 36.9 Å². The van der Waals surface area contributed by atoms with Crippen LogP contribution in [0.5, 0.6) is 5.75 Å². The molecule has 2 atom stereocenters. The van der Waals surface area contributed by atoms with E-state index in [1.54, 1.807) is 7.11 Å². The second-order valence-electron chi connectivity index (χ2n) is 5.72. The summed E-state index contributed by atoms with van der Waals surface area (Å²) in [6, 6.07) is 9.28. The zero-order valence-electron chi connectivity index (χ0n) is 12.3. The lowest BCUT2D eigenvalue weighted by molar-refractivity contribution is 0.149. The van der Waals surface area contributed by atoms with Crippen molar-refractivity contribution in [2.75, 3.05) is 20.2 Å². The average molecular weight is 262 g/mol. The van der Waals surface area contributed by atoms with Crippen molar-refractivity contribution in [2.24, 2.45) is 11.7 Å². The van der Waals surface area contributed by atoms with Gasteiger partial charge in [0.2, 0.25) is 0 Å². The molecule has 0 aliphatic carbocycles. The summed E-state index contributed by atoms with van der Waals surface area (Å²) in [6.45, 7) is 6.43. The van der Waals surface area contributed by atoms with Crippen molar-refractivity contribution in [3.63, 3.8) is 0 Å². The number of nitrogens with zero attached hydrogens (tertiary/aromatic N) is 1. The predicted octanol–water partition coefficient (Wildman–Crippen LogP) is 2.82. The molecule has 0 aromatic heterocycles. The van der Waals surface area contributed by atoms with Gasteiger partial charge in [-0.1, -0.05) is 26.0 Å². The van der Waals surface area contributed by atoms with E-state index in [1.807, 2.05) is 6.07 Å². The molecule has 19 heavy (non-hydrogen) atoms. The van der Waals surface area contributed by atoms with Gasteiger partial charge in [-0.3, -0.25) is 4.90 Å². The fourth-order valence-electron chi connectivity index (χ4n) is 3.23. The summed E-state index contributed by atoms with van der Waals surface area (Å²) in [7, 11) is 1.71. The minimum atomic E-state index is 0.310. The van der Waals surface area contributed by atoms with E-state index in [0.717, 1.165) is 12.3 Å². The van der Waals surface area contributed by atoms with Crippen molar-refractivity contribution >= 4 is 0 Å². The fourth-order valence-corrected chi connectivity index (χ4v) is 3.23. The van der Waals surface area contributed by atoms with Crippen LogP contribution in [0.15, 0.2) is 24.3 Å². The number of nitrogens with two attached hydrogens (primary N) is 1. The number of benzene rings is 1. The summed E-state index contributed by atoms with van der Waals surface area (Å²) in [5.74, 6) is 1.60. The first-order valence-corrected chi connectivity index (χ1v) is 7.27. The van der Waals surface area contributed by atoms with Crippen molar-refractivity contribution < 1.29 is 4.74 Å². The normalized spacial score (nSPS) is 21.8. The number of rotatable bonds is 5. The molecule has 0 spiro atoms. The fraction of sp³-hybridized carbons (Fsp3) is 0.625. The zero-order valence-corrected chi connectivity index (χ0v) is 12.3. The molecule has 0 radical (unpaired) electrons. The van der Waals surface area contributed by atoms with Crippen molar-refractivity contribution in [2.45, 2.75) is 38.8 Å². The highest BCUT2D eigenvalue weighted by atomic mass is 16.5. The lowest BCUT2D eigenvalue weighted by Crippen LogP contribution is -2.39. The monoisotopic (exact) mass is 262 g/mol. The van der Waals surface area contributed by atoms with E-state index < -0.39 is 0 Å². The van der Waals surface area contributed by atoms with E-state index in [-0.39, 0.29) is 0 Å². The van der Waals surface area contributed by atoms with E-state index in [1.165, 1.54) is 18.4 Å². The second-order valence-corrected chi connectivity index (χ2v) is 5.72. The maximum Gasteiger partial charge on any atom is 0.119 e. The first-order valence-electron chi connectivity index (χ1n) is 7.27. The minimum Gasteiger partial charge on any atom is -0.497 e. The van der Waals surface area contributed by atoms with Crippen molar-refractivity contribution in [1.29, 1.82) is 0 Å². The van der Waals surface area contributed by atoms with Crippen molar-refractivity contribution in [3.05, 3.63) is 29.8 Å². The molecule has 3 heteroatoms. The van der Waals surface area contributed by atoms with Gasteiger partial charge in [0.05, 0.1) is 7.11 Å². The minimum absolute atomic E-state index is 0.310. The Morgan fingerprint density at radius 1 is 1.42 bits per heavy atom. The summed E-state index contributed by atoms with van der Waals surface area (Å²) in [5.41, 5.74) is 7.33. The molecule has 1 aromatic rings. The van der Waals surface area contributed by atoms with Gasteiger partial charge in [-0.25, -0.2) is 0 Å². The molecular formula is C16H26N2O. The van der Waals surface area contributed by atoms with Crippen LogP contribution in [-0.4, -0.2) is 31.1 Å². The van der Waals surface area contributed by atoms with Gasteiger partial charge < -0.3 is 10.5 Å². The number of hydrogen-bond acceptors (Lipinski definition) is 3.